The van der Waals surface area contributed by atoms with E-state index in [-0.39, 0.29) is 5.78 Å². The van der Waals surface area contributed by atoms with Crippen molar-refractivity contribution in [1.82, 2.24) is 4.98 Å². The molecule has 1 heterocycles. The zero-order valence-electron chi connectivity index (χ0n) is 15.4. The standard InChI is InChI=1S/C21H23N3O2S/c1-2-3-4-9-14-26-19-12-7-5-10-16(19)18(25)15-22-24-21-23-17-11-6-8-13-20(17)27-21/h5-8,10-13,15H,2-4,9,14H2,1H3,(H,23,24)/b22-15-. The summed E-state index contributed by atoms with van der Waals surface area (Å²) in [5, 5.41) is 4.70. The van der Waals surface area contributed by atoms with E-state index in [2.05, 4.69) is 22.4 Å². The van der Waals surface area contributed by atoms with E-state index in [0.29, 0.717) is 23.1 Å². The van der Waals surface area contributed by atoms with Gasteiger partial charge in [-0.2, -0.15) is 5.10 Å². The lowest BCUT2D eigenvalue weighted by atomic mass is 10.1. The van der Waals surface area contributed by atoms with Crippen molar-refractivity contribution in [2.45, 2.75) is 32.6 Å². The predicted octanol–water partition coefficient (Wildman–Crippen LogP) is 5.54. The summed E-state index contributed by atoms with van der Waals surface area (Å²) in [6.07, 6.45) is 5.79. The number of hydrogen-bond donors (Lipinski definition) is 1. The van der Waals surface area contributed by atoms with Gasteiger partial charge in [0.25, 0.3) is 0 Å². The number of anilines is 1. The first kappa shape index (κ1) is 19.0. The van der Waals surface area contributed by atoms with Crippen LogP contribution in [0.5, 0.6) is 5.75 Å². The number of aromatic nitrogens is 1. The molecule has 0 saturated carbocycles. The minimum Gasteiger partial charge on any atom is -0.493 e. The fourth-order valence-electron chi connectivity index (χ4n) is 2.64. The summed E-state index contributed by atoms with van der Waals surface area (Å²) in [6, 6.07) is 15.1. The quantitative estimate of drug-likeness (QED) is 0.217. The van der Waals surface area contributed by atoms with Crippen LogP contribution in [0.3, 0.4) is 0 Å². The fraction of sp³-hybridized carbons (Fsp3) is 0.286. The van der Waals surface area contributed by atoms with Crippen molar-refractivity contribution in [3.05, 3.63) is 54.1 Å². The van der Waals surface area contributed by atoms with Gasteiger partial charge in [0.2, 0.25) is 10.9 Å². The Kier molecular flexibility index (Phi) is 6.93. The van der Waals surface area contributed by atoms with Crippen LogP contribution in [-0.4, -0.2) is 23.6 Å². The van der Waals surface area contributed by atoms with E-state index in [4.69, 9.17) is 4.74 Å². The normalized spacial score (nSPS) is 11.1. The van der Waals surface area contributed by atoms with Gasteiger partial charge in [-0.05, 0) is 30.7 Å². The van der Waals surface area contributed by atoms with E-state index < -0.39 is 0 Å². The van der Waals surface area contributed by atoms with E-state index in [1.807, 2.05) is 42.5 Å². The topological polar surface area (TPSA) is 63.6 Å². The van der Waals surface area contributed by atoms with Crippen molar-refractivity contribution in [3.63, 3.8) is 0 Å². The summed E-state index contributed by atoms with van der Waals surface area (Å²) < 4.78 is 6.87. The Labute approximate surface area is 163 Å². The lowest BCUT2D eigenvalue weighted by molar-refractivity contribution is 0.106. The van der Waals surface area contributed by atoms with Crippen molar-refractivity contribution < 1.29 is 9.53 Å². The highest BCUT2D eigenvalue weighted by Gasteiger charge is 2.10. The van der Waals surface area contributed by atoms with Gasteiger partial charge in [0.05, 0.1) is 28.6 Å². The van der Waals surface area contributed by atoms with Crippen molar-refractivity contribution in [2.24, 2.45) is 5.10 Å². The first-order valence-electron chi connectivity index (χ1n) is 9.18. The Morgan fingerprint density at radius 2 is 1.96 bits per heavy atom. The molecule has 3 aromatic rings. The number of hydrogen-bond acceptors (Lipinski definition) is 6. The Morgan fingerprint density at radius 3 is 2.81 bits per heavy atom. The molecule has 1 N–H and O–H groups in total. The maximum Gasteiger partial charge on any atom is 0.209 e. The molecule has 0 spiro atoms. The molecule has 0 unspecified atom stereocenters. The Hall–Kier alpha value is -2.73. The third-order valence-corrected chi connectivity index (χ3v) is 4.98. The number of rotatable bonds is 10. The van der Waals surface area contributed by atoms with Gasteiger partial charge in [0.15, 0.2) is 0 Å². The van der Waals surface area contributed by atoms with Gasteiger partial charge in [0.1, 0.15) is 5.75 Å². The first-order chi connectivity index (χ1) is 13.3. The summed E-state index contributed by atoms with van der Waals surface area (Å²) in [5.41, 5.74) is 4.26. The number of unbranched alkanes of at least 4 members (excludes halogenated alkanes) is 3. The first-order valence-corrected chi connectivity index (χ1v) is 10.0. The zero-order chi connectivity index (χ0) is 18.9. The second-order valence-corrected chi connectivity index (χ2v) is 7.16. The molecule has 5 nitrogen and oxygen atoms in total. The lowest BCUT2D eigenvalue weighted by Gasteiger charge is -2.09. The van der Waals surface area contributed by atoms with Crippen LogP contribution in [-0.2, 0) is 0 Å². The van der Waals surface area contributed by atoms with E-state index in [0.717, 1.165) is 23.1 Å². The summed E-state index contributed by atoms with van der Waals surface area (Å²) in [7, 11) is 0. The maximum absolute atomic E-state index is 12.5. The fourth-order valence-corrected chi connectivity index (χ4v) is 3.46. The van der Waals surface area contributed by atoms with Gasteiger partial charge < -0.3 is 4.74 Å². The second kappa shape index (κ2) is 9.83. The number of para-hydroxylation sites is 2. The van der Waals surface area contributed by atoms with Crippen LogP contribution in [0.1, 0.15) is 43.0 Å². The molecule has 3 rings (SSSR count). The molecule has 1 aromatic heterocycles. The molecule has 27 heavy (non-hydrogen) atoms. The van der Waals surface area contributed by atoms with Crippen molar-refractivity contribution in [2.75, 3.05) is 12.0 Å². The second-order valence-electron chi connectivity index (χ2n) is 6.13. The van der Waals surface area contributed by atoms with Gasteiger partial charge in [-0.15, -0.1) is 0 Å². The number of carbonyl (C=O) groups is 1. The SMILES string of the molecule is CCCCCCOc1ccccc1C(=O)/C=N\Nc1nc2ccccc2s1. The molecule has 6 heteroatoms. The number of thiazole rings is 1. The minimum atomic E-state index is -0.201. The Balaban J connectivity index is 1.59. The minimum absolute atomic E-state index is 0.201. The van der Waals surface area contributed by atoms with Gasteiger partial charge in [-0.25, -0.2) is 4.98 Å². The molecule has 2 aromatic carbocycles. The van der Waals surface area contributed by atoms with Crippen molar-refractivity contribution in [1.29, 1.82) is 0 Å². The highest BCUT2D eigenvalue weighted by atomic mass is 32.1. The predicted molar refractivity (Wildman–Crippen MR) is 112 cm³/mol. The van der Waals surface area contributed by atoms with Gasteiger partial charge in [-0.1, -0.05) is 61.8 Å². The molecule has 0 aliphatic rings. The van der Waals surface area contributed by atoms with Crippen LogP contribution >= 0.6 is 11.3 Å². The molecule has 140 valence electrons. The third-order valence-electron chi connectivity index (χ3n) is 4.04. The molecule has 0 aliphatic heterocycles. The number of benzene rings is 2. The summed E-state index contributed by atoms with van der Waals surface area (Å²) in [6.45, 7) is 2.79. The van der Waals surface area contributed by atoms with Crippen LogP contribution in [0, 0.1) is 0 Å². The summed E-state index contributed by atoms with van der Waals surface area (Å²) in [4.78, 5) is 16.9. The number of Topliss-reactive ketones (excluding diaryl/α,β-unsaturated/α-hetero) is 1. The van der Waals surface area contributed by atoms with Crippen molar-refractivity contribution >= 4 is 38.7 Å². The Bertz CT molecular complexity index is 887. The number of ketones is 1. The number of nitrogens with zero attached hydrogens (tertiary/aromatic N) is 2. The summed E-state index contributed by atoms with van der Waals surface area (Å²) >= 11 is 1.49. The van der Waals surface area contributed by atoms with Crippen LogP contribution in [0.25, 0.3) is 10.2 Å². The highest BCUT2D eigenvalue weighted by molar-refractivity contribution is 7.22. The largest absolute Gasteiger partial charge is 0.493 e. The number of nitrogens with one attached hydrogen (secondary N) is 1. The molecule has 0 bridgehead atoms. The van der Waals surface area contributed by atoms with E-state index in [1.165, 1.54) is 30.4 Å². The molecule has 0 aliphatic carbocycles. The van der Waals surface area contributed by atoms with E-state index >= 15 is 0 Å². The molecule has 0 amide bonds. The molecular formula is C21H23N3O2S. The summed E-state index contributed by atoms with van der Waals surface area (Å²) in [5.74, 6) is 0.401. The molecule has 0 fully saturated rings. The van der Waals surface area contributed by atoms with Crippen LogP contribution in [0.4, 0.5) is 5.13 Å². The van der Waals surface area contributed by atoms with Crippen LogP contribution < -0.4 is 10.2 Å². The molecule has 0 saturated heterocycles. The van der Waals surface area contributed by atoms with E-state index in [1.54, 1.807) is 6.07 Å². The Morgan fingerprint density at radius 1 is 1.15 bits per heavy atom. The number of fused-ring (bicyclic) bond motifs is 1. The molecule has 0 radical (unpaired) electrons. The number of hydrazone groups is 1. The lowest BCUT2D eigenvalue weighted by Crippen LogP contribution is -2.07. The van der Waals surface area contributed by atoms with Gasteiger partial charge in [-0.3, -0.25) is 10.2 Å². The molecule has 0 atom stereocenters. The average Bonchev–Trinajstić information content (AvgIpc) is 3.11. The number of ether oxygens (including phenoxy) is 1. The van der Waals surface area contributed by atoms with Crippen molar-refractivity contribution in [3.8, 4) is 5.75 Å². The average molecular weight is 382 g/mol. The smallest absolute Gasteiger partial charge is 0.209 e. The third kappa shape index (κ3) is 5.37. The number of carbonyl (C=O) groups excluding carboxylic acids is 1. The van der Waals surface area contributed by atoms with Gasteiger partial charge in [0, 0.05) is 0 Å². The zero-order valence-corrected chi connectivity index (χ0v) is 16.2. The molecular weight excluding hydrogens is 358 g/mol. The monoisotopic (exact) mass is 381 g/mol. The van der Waals surface area contributed by atoms with Gasteiger partial charge >= 0.3 is 0 Å². The highest BCUT2D eigenvalue weighted by Crippen LogP contribution is 2.25. The van der Waals surface area contributed by atoms with Crippen LogP contribution in [0.2, 0.25) is 0 Å². The maximum atomic E-state index is 12.5. The van der Waals surface area contributed by atoms with Crippen LogP contribution in [0.15, 0.2) is 53.6 Å². The van der Waals surface area contributed by atoms with E-state index in [9.17, 15) is 4.79 Å².